The number of nitrogens with zero attached hydrogens (tertiary/aromatic N) is 1. The molecule has 2 aromatic carbocycles. The lowest BCUT2D eigenvalue weighted by atomic mass is 9.97. The first-order valence-electron chi connectivity index (χ1n) is 9.10. The first kappa shape index (κ1) is 21.4. The van der Waals surface area contributed by atoms with Gasteiger partial charge in [-0.2, -0.15) is 0 Å². The number of aryl methyl sites for hydroxylation is 1. The number of rotatable bonds is 10. The highest BCUT2D eigenvalue weighted by Gasteiger charge is 2.22. The van der Waals surface area contributed by atoms with Gasteiger partial charge in [0.05, 0.1) is 18.2 Å². The van der Waals surface area contributed by atoms with E-state index >= 15 is 0 Å². The molecule has 0 saturated carbocycles. The Kier molecular flexibility index (Phi) is 7.05. The van der Waals surface area contributed by atoms with Crippen molar-refractivity contribution in [2.45, 2.75) is 6.92 Å². The fraction of sp³-hybridized carbons (Fsp3) is 0.273. The van der Waals surface area contributed by atoms with Crippen molar-refractivity contribution in [3.05, 3.63) is 47.7 Å². The Morgan fingerprint density at radius 2 is 1.63 bits per heavy atom. The van der Waals surface area contributed by atoms with Crippen molar-refractivity contribution in [1.82, 2.24) is 5.16 Å². The smallest absolute Gasteiger partial charge is 0.188 e. The summed E-state index contributed by atoms with van der Waals surface area (Å²) in [5.74, 6) is 2.12. The van der Waals surface area contributed by atoms with Gasteiger partial charge in [-0.25, -0.2) is 0 Å². The van der Waals surface area contributed by atoms with Gasteiger partial charge >= 0.3 is 0 Å². The van der Waals surface area contributed by atoms with Crippen molar-refractivity contribution in [1.29, 1.82) is 0 Å². The molecule has 1 heterocycles. The van der Waals surface area contributed by atoms with Gasteiger partial charge in [-0.05, 0) is 30.7 Å². The lowest BCUT2D eigenvalue weighted by Crippen LogP contribution is -2.05. The van der Waals surface area contributed by atoms with Crippen molar-refractivity contribution >= 4 is 6.29 Å². The predicted octanol–water partition coefficient (Wildman–Crippen LogP) is 4.10. The van der Waals surface area contributed by atoms with Gasteiger partial charge in [-0.3, -0.25) is 4.79 Å². The number of hydrogen-bond donors (Lipinski definition) is 0. The predicted molar refractivity (Wildman–Crippen MR) is 109 cm³/mol. The molecule has 0 saturated heterocycles. The molecule has 8 nitrogen and oxygen atoms in total. The Hall–Kier alpha value is -3.36. The summed E-state index contributed by atoms with van der Waals surface area (Å²) < 4.78 is 31.9. The van der Waals surface area contributed by atoms with E-state index in [2.05, 4.69) is 5.16 Å². The number of carbonyl (C=O) groups excluding carboxylic acids is 1. The van der Waals surface area contributed by atoms with Crippen molar-refractivity contribution in [2.24, 2.45) is 0 Å². The van der Waals surface area contributed by atoms with E-state index in [0.717, 1.165) is 16.9 Å². The van der Waals surface area contributed by atoms with Crippen molar-refractivity contribution in [2.75, 3.05) is 34.9 Å². The van der Waals surface area contributed by atoms with E-state index in [9.17, 15) is 4.79 Å². The number of aromatic nitrogens is 1. The van der Waals surface area contributed by atoms with Crippen LogP contribution in [-0.4, -0.2) is 46.4 Å². The highest BCUT2D eigenvalue weighted by Crippen LogP contribution is 2.41. The number of ether oxygens (including phenoxy) is 5. The molecule has 158 valence electrons. The van der Waals surface area contributed by atoms with Gasteiger partial charge in [0, 0.05) is 25.8 Å². The van der Waals surface area contributed by atoms with Crippen LogP contribution in [0.2, 0.25) is 0 Å². The fourth-order valence-electron chi connectivity index (χ4n) is 3.00. The van der Waals surface area contributed by atoms with Crippen LogP contribution in [0.25, 0.3) is 22.4 Å². The van der Waals surface area contributed by atoms with Crippen LogP contribution in [0.5, 0.6) is 17.2 Å². The van der Waals surface area contributed by atoms with Crippen LogP contribution in [0.3, 0.4) is 0 Å². The molecule has 0 aliphatic carbocycles. The topological polar surface area (TPSA) is 89.2 Å². The van der Waals surface area contributed by atoms with Gasteiger partial charge in [-0.15, -0.1) is 0 Å². The molecule has 1 aromatic heterocycles. The van der Waals surface area contributed by atoms with Gasteiger partial charge in [0.1, 0.15) is 28.7 Å². The number of carbonyl (C=O) groups is 1. The van der Waals surface area contributed by atoms with Crippen molar-refractivity contribution < 1.29 is 33.0 Å². The molecule has 3 rings (SSSR count). The second-order valence-electron chi connectivity index (χ2n) is 6.30. The van der Waals surface area contributed by atoms with Gasteiger partial charge in [-0.1, -0.05) is 17.3 Å². The second kappa shape index (κ2) is 9.91. The minimum absolute atomic E-state index is 0.00581. The average Bonchev–Trinajstić information content (AvgIpc) is 3.17. The van der Waals surface area contributed by atoms with Gasteiger partial charge in [0.25, 0.3) is 0 Å². The summed E-state index contributed by atoms with van der Waals surface area (Å²) in [6.45, 7) is 1.82. The van der Waals surface area contributed by atoms with Crippen LogP contribution in [0.15, 0.2) is 40.9 Å². The number of methoxy groups -OCH3 is 3. The third-order valence-corrected chi connectivity index (χ3v) is 4.40. The second-order valence-corrected chi connectivity index (χ2v) is 6.30. The summed E-state index contributed by atoms with van der Waals surface area (Å²) in [6.07, 6.45) is 0.703. The Balaban J connectivity index is 2.15. The molecule has 0 N–H and O–H groups in total. The van der Waals surface area contributed by atoms with E-state index < -0.39 is 0 Å². The van der Waals surface area contributed by atoms with Crippen LogP contribution in [0, 0.1) is 6.92 Å². The van der Waals surface area contributed by atoms with E-state index in [1.807, 2.05) is 31.2 Å². The molecule has 3 aromatic rings. The van der Waals surface area contributed by atoms with Crippen LogP contribution in [-0.2, 0) is 9.47 Å². The fourth-order valence-corrected chi connectivity index (χ4v) is 3.00. The Labute approximate surface area is 174 Å². The zero-order valence-corrected chi connectivity index (χ0v) is 17.3. The maximum Gasteiger partial charge on any atom is 0.188 e. The van der Waals surface area contributed by atoms with Crippen LogP contribution < -0.4 is 14.2 Å². The number of hydrogen-bond acceptors (Lipinski definition) is 8. The lowest BCUT2D eigenvalue weighted by Gasteiger charge is -2.15. The third kappa shape index (κ3) is 4.45. The monoisotopic (exact) mass is 413 g/mol. The van der Waals surface area contributed by atoms with Crippen LogP contribution in [0.1, 0.15) is 16.1 Å². The molecule has 0 fully saturated rings. The van der Waals surface area contributed by atoms with E-state index in [1.165, 1.54) is 14.2 Å². The van der Waals surface area contributed by atoms with E-state index in [0.29, 0.717) is 40.4 Å². The number of aldehydes is 1. The largest absolute Gasteiger partial charge is 0.497 e. The summed E-state index contributed by atoms with van der Waals surface area (Å²) in [7, 11) is 4.63. The first-order valence-corrected chi connectivity index (χ1v) is 9.10. The number of benzene rings is 2. The molecule has 0 bridgehead atoms. The molecule has 0 aliphatic heterocycles. The van der Waals surface area contributed by atoms with Crippen molar-refractivity contribution in [3.8, 4) is 39.6 Å². The molecule has 0 aliphatic rings. The maximum absolute atomic E-state index is 11.7. The third-order valence-electron chi connectivity index (χ3n) is 4.40. The first-order chi connectivity index (χ1) is 14.6. The summed E-state index contributed by atoms with van der Waals surface area (Å²) in [5.41, 5.74) is 3.09. The normalized spacial score (nSPS) is 10.7. The minimum Gasteiger partial charge on any atom is -0.497 e. The molecule has 8 heteroatoms. The van der Waals surface area contributed by atoms with Gasteiger partial charge < -0.3 is 28.2 Å². The standard InChI is InChI=1S/C22H23NO7/c1-14-21(15-5-7-17(27-4)8-6-15)22(23-30-14)18-9-16(11-24)19(28-12-25-2)10-20(18)29-13-26-3/h5-11H,12-13H2,1-4H3. The zero-order valence-electron chi connectivity index (χ0n) is 17.3. The highest BCUT2D eigenvalue weighted by molar-refractivity contribution is 5.89. The summed E-state index contributed by atoms with van der Waals surface area (Å²) in [5, 5.41) is 4.23. The minimum atomic E-state index is -0.00985. The highest BCUT2D eigenvalue weighted by atomic mass is 16.7. The maximum atomic E-state index is 11.7. The Morgan fingerprint density at radius 3 is 2.23 bits per heavy atom. The molecule has 0 atom stereocenters. The molecule has 0 unspecified atom stereocenters. The molecular weight excluding hydrogens is 390 g/mol. The quantitative estimate of drug-likeness (QED) is 0.362. The van der Waals surface area contributed by atoms with E-state index in [-0.39, 0.29) is 13.6 Å². The Bertz CT molecular complexity index is 995. The molecular formula is C22H23NO7. The van der Waals surface area contributed by atoms with Gasteiger partial charge in [0.2, 0.25) is 0 Å². The molecule has 0 radical (unpaired) electrons. The van der Waals surface area contributed by atoms with Crippen LogP contribution >= 0.6 is 0 Å². The molecule has 30 heavy (non-hydrogen) atoms. The van der Waals surface area contributed by atoms with Gasteiger partial charge in [0.15, 0.2) is 19.9 Å². The summed E-state index contributed by atoms with van der Waals surface area (Å²) in [6, 6.07) is 10.8. The van der Waals surface area contributed by atoms with E-state index in [4.69, 9.17) is 28.2 Å². The SMILES string of the molecule is COCOc1cc(OCOC)c(-c2noc(C)c2-c2ccc(OC)cc2)cc1C=O. The van der Waals surface area contributed by atoms with Crippen molar-refractivity contribution in [3.63, 3.8) is 0 Å². The average molecular weight is 413 g/mol. The summed E-state index contributed by atoms with van der Waals surface area (Å²) >= 11 is 0. The molecule has 0 spiro atoms. The lowest BCUT2D eigenvalue weighted by molar-refractivity contribution is 0.0459. The zero-order chi connectivity index (χ0) is 21.5. The summed E-state index contributed by atoms with van der Waals surface area (Å²) in [4.78, 5) is 11.7. The molecule has 0 amide bonds. The Morgan fingerprint density at radius 1 is 0.967 bits per heavy atom. The van der Waals surface area contributed by atoms with E-state index in [1.54, 1.807) is 19.2 Å². The van der Waals surface area contributed by atoms with Crippen LogP contribution in [0.4, 0.5) is 0 Å².